The lowest BCUT2D eigenvalue weighted by Crippen LogP contribution is -2.30. The first-order valence-corrected chi connectivity index (χ1v) is 10.3. The SMILES string of the molecule is O=C(COC(=O)CCNS(=O)(=O)c1cccs1)NCc1ccccc1Cl. The third-order valence-electron chi connectivity index (χ3n) is 3.18. The van der Waals surface area contributed by atoms with Gasteiger partial charge < -0.3 is 10.1 Å². The van der Waals surface area contributed by atoms with E-state index < -0.39 is 28.5 Å². The van der Waals surface area contributed by atoms with Crippen molar-refractivity contribution in [1.29, 1.82) is 0 Å². The van der Waals surface area contributed by atoms with Crippen LogP contribution >= 0.6 is 22.9 Å². The molecule has 0 aliphatic rings. The second-order valence-electron chi connectivity index (χ2n) is 5.11. The molecule has 0 aliphatic heterocycles. The third kappa shape index (κ3) is 6.41. The van der Waals surface area contributed by atoms with Crippen molar-refractivity contribution in [3.63, 3.8) is 0 Å². The number of esters is 1. The molecule has 2 aromatic rings. The summed E-state index contributed by atoms with van der Waals surface area (Å²) < 4.78 is 31.0. The highest BCUT2D eigenvalue weighted by Crippen LogP contribution is 2.15. The molecule has 0 atom stereocenters. The van der Waals surface area contributed by atoms with Crippen LogP contribution in [0.5, 0.6) is 0 Å². The number of amides is 1. The molecule has 0 saturated carbocycles. The molecule has 0 saturated heterocycles. The van der Waals surface area contributed by atoms with Crippen LogP contribution in [0.3, 0.4) is 0 Å². The fourth-order valence-corrected chi connectivity index (χ4v) is 4.15. The van der Waals surface area contributed by atoms with Gasteiger partial charge in [-0.25, -0.2) is 13.1 Å². The van der Waals surface area contributed by atoms with Gasteiger partial charge in [0.05, 0.1) is 6.42 Å². The van der Waals surface area contributed by atoms with Crippen molar-refractivity contribution in [2.75, 3.05) is 13.2 Å². The maximum atomic E-state index is 11.9. The minimum atomic E-state index is -3.62. The largest absolute Gasteiger partial charge is 0.456 e. The van der Waals surface area contributed by atoms with Crippen LogP contribution in [0.4, 0.5) is 0 Å². The molecular weight excluding hydrogens is 400 g/mol. The zero-order chi connectivity index (χ0) is 19.0. The van der Waals surface area contributed by atoms with Gasteiger partial charge in [-0.3, -0.25) is 9.59 Å². The summed E-state index contributed by atoms with van der Waals surface area (Å²) in [6, 6.07) is 10.1. The normalized spacial score (nSPS) is 11.1. The number of halogens is 1. The van der Waals surface area contributed by atoms with E-state index in [2.05, 4.69) is 10.0 Å². The molecular formula is C16H17ClN2O5S2. The minimum absolute atomic E-state index is 0.111. The molecule has 2 rings (SSSR count). The highest BCUT2D eigenvalue weighted by molar-refractivity contribution is 7.91. The van der Waals surface area contributed by atoms with Crippen molar-refractivity contribution < 1.29 is 22.7 Å². The summed E-state index contributed by atoms with van der Waals surface area (Å²) in [7, 11) is -3.62. The molecule has 1 heterocycles. The lowest BCUT2D eigenvalue weighted by Gasteiger charge is -2.08. The van der Waals surface area contributed by atoms with E-state index in [4.69, 9.17) is 16.3 Å². The molecule has 0 aliphatic carbocycles. The number of benzene rings is 1. The summed E-state index contributed by atoms with van der Waals surface area (Å²) >= 11 is 7.05. The van der Waals surface area contributed by atoms with Crippen molar-refractivity contribution in [2.45, 2.75) is 17.2 Å². The number of thiophene rings is 1. The van der Waals surface area contributed by atoms with Crippen LogP contribution in [0, 0.1) is 0 Å². The van der Waals surface area contributed by atoms with Gasteiger partial charge in [0.2, 0.25) is 10.0 Å². The number of carbonyl (C=O) groups excluding carboxylic acids is 2. The summed E-state index contributed by atoms with van der Waals surface area (Å²) in [6.45, 7) is -0.335. The van der Waals surface area contributed by atoms with Crippen molar-refractivity contribution in [3.05, 3.63) is 52.4 Å². The van der Waals surface area contributed by atoms with Crippen LogP contribution in [0.2, 0.25) is 5.02 Å². The van der Waals surface area contributed by atoms with Crippen LogP contribution in [-0.2, 0) is 30.9 Å². The topological polar surface area (TPSA) is 102 Å². The fraction of sp³-hybridized carbons (Fsp3) is 0.250. The number of hydrogen-bond donors (Lipinski definition) is 2. The number of hydrogen-bond acceptors (Lipinski definition) is 6. The summed E-state index contributed by atoms with van der Waals surface area (Å²) in [5.41, 5.74) is 0.747. The molecule has 0 radical (unpaired) electrons. The summed E-state index contributed by atoms with van der Waals surface area (Å²) in [4.78, 5) is 23.3. The minimum Gasteiger partial charge on any atom is -0.456 e. The van der Waals surface area contributed by atoms with Gasteiger partial charge in [0, 0.05) is 18.1 Å². The molecule has 2 N–H and O–H groups in total. The van der Waals surface area contributed by atoms with Crippen LogP contribution in [-0.4, -0.2) is 33.4 Å². The summed E-state index contributed by atoms with van der Waals surface area (Å²) in [5.74, 6) is -1.15. The zero-order valence-corrected chi connectivity index (χ0v) is 16.0. The van der Waals surface area contributed by atoms with Gasteiger partial charge in [-0.2, -0.15) is 0 Å². The van der Waals surface area contributed by atoms with Crippen molar-refractivity contribution >= 4 is 44.8 Å². The van der Waals surface area contributed by atoms with Gasteiger partial charge >= 0.3 is 5.97 Å². The Morgan fingerprint density at radius 3 is 2.62 bits per heavy atom. The van der Waals surface area contributed by atoms with Crippen LogP contribution in [0.15, 0.2) is 46.0 Å². The van der Waals surface area contributed by atoms with E-state index in [9.17, 15) is 18.0 Å². The van der Waals surface area contributed by atoms with Crippen LogP contribution in [0.1, 0.15) is 12.0 Å². The maximum Gasteiger partial charge on any atom is 0.307 e. The molecule has 140 valence electrons. The number of ether oxygens (including phenoxy) is 1. The van der Waals surface area contributed by atoms with Crippen molar-refractivity contribution in [2.24, 2.45) is 0 Å². The Labute approximate surface area is 160 Å². The lowest BCUT2D eigenvalue weighted by atomic mass is 10.2. The monoisotopic (exact) mass is 416 g/mol. The van der Waals surface area contributed by atoms with E-state index in [0.717, 1.165) is 16.9 Å². The Bertz CT molecular complexity index is 853. The molecule has 10 heteroatoms. The van der Waals surface area contributed by atoms with E-state index in [-0.39, 0.29) is 23.7 Å². The fourth-order valence-electron chi connectivity index (χ4n) is 1.88. The van der Waals surface area contributed by atoms with E-state index in [0.29, 0.717) is 5.02 Å². The Kier molecular flexibility index (Phi) is 7.58. The Hall–Kier alpha value is -1.94. The second-order valence-corrected chi connectivity index (χ2v) is 8.46. The highest BCUT2D eigenvalue weighted by atomic mass is 35.5. The van der Waals surface area contributed by atoms with E-state index in [1.54, 1.807) is 35.7 Å². The van der Waals surface area contributed by atoms with Crippen molar-refractivity contribution in [1.82, 2.24) is 10.0 Å². The van der Waals surface area contributed by atoms with Gasteiger partial charge in [-0.1, -0.05) is 35.9 Å². The average Bonchev–Trinajstić information content (AvgIpc) is 3.15. The standard InChI is InChI=1S/C16H17ClN2O5S2/c17-13-5-2-1-4-12(13)10-18-14(20)11-24-15(21)7-8-19-26(22,23)16-6-3-9-25-16/h1-6,9,19H,7-8,10-11H2,(H,18,20). The van der Waals surface area contributed by atoms with E-state index >= 15 is 0 Å². The molecule has 1 aromatic heterocycles. The quantitative estimate of drug-likeness (QED) is 0.608. The number of carbonyl (C=O) groups is 2. The predicted octanol–water partition coefficient (Wildman–Crippen LogP) is 1.93. The van der Waals surface area contributed by atoms with Gasteiger partial charge in [0.25, 0.3) is 5.91 Å². The Balaban J connectivity index is 1.65. The van der Waals surface area contributed by atoms with Gasteiger partial charge in [-0.15, -0.1) is 11.3 Å². The average molecular weight is 417 g/mol. The molecule has 0 bridgehead atoms. The zero-order valence-electron chi connectivity index (χ0n) is 13.6. The molecule has 1 amide bonds. The predicted molar refractivity (Wildman–Crippen MR) is 98.4 cm³/mol. The molecule has 0 spiro atoms. The van der Waals surface area contributed by atoms with Gasteiger partial charge in [0.15, 0.2) is 6.61 Å². The number of nitrogens with one attached hydrogen (secondary N) is 2. The van der Waals surface area contributed by atoms with Crippen molar-refractivity contribution in [3.8, 4) is 0 Å². The van der Waals surface area contributed by atoms with E-state index in [1.165, 1.54) is 6.07 Å². The van der Waals surface area contributed by atoms with Gasteiger partial charge in [-0.05, 0) is 23.1 Å². The Morgan fingerprint density at radius 2 is 1.92 bits per heavy atom. The molecule has 26 heavy (non-hydrogen) atoms. The maximum absolute atomic E-state index is 11.9. The van der Waals surface area contributed by atoms with Crippen LogP contribution in [0.25, 0.3) is 0 Å². The molecule has 1 aromatic carbocycles. The third-order valence-corrected chi connectivity index (χ3v) is 6.41. The summed E-state index contributed by atoms with van der Waals surface area (Å²) in [6.07, 6.45) is -0.178. The number of sulfonamides is 1. The van der Waals surface area contributed by atoms with Crippen LogP contribution < -0.4 is 10.0 Å². The molecule has 7 nitrogen and oxygen atoms in total. The first-order valence-electron chi connectivity index (χ1n) is 7.57. The smallest absolute Gasteiger partial charge is 0.307 e. The Morgan fingerprint density at radius 1 is 1.15 bits per heavy atom. The first kappa shape index (κ1) is 20.4. The molecule has 0 fully saturated rings. The summed E-state index contributed by atoms with van der Waals surface area (Å²) in [5, 5.41) is 4.76. The first-order chi connectivity index (χ1) is 12.4. The lowest BCUT2D eigenvalue weighted by molar-refractivity contribution is -0.148. The van der Waals surface area contributed by atoms with E-state index in [1.807, 2.05) is 0 Å². The van der Waals surface area contributed by atoms with Gasteiger partial charge in [0.1, 0.15) is 4.21 Å². The number of rotatable bonds is 9. The second kappa shape index (κ2) is 9.67. The molecule has 0 unspecified atom stereocenters. The highest BCUT2D eigenvalue weighted by Gasteiger charge is 2.15.